The summed E-state index contributed by atoms with van der Waals surface area (Å²) in [5.74, 6) is -4.30. The number of thioether (sulfide) groups is 1. The third-order valence-electron chi connectivity index (χ3n) is 7.00. The summed E-state index contributed by atoms with van der Waals surface area (Å²) in [5, 5.41) is 9.11. The number of benzene rings is 2. The lowest BCUT2D eigenvalue weighted by molar-refractivity contribution is 0.102. The topological polar surface area (TPSA) is 83.1 Å². The third kappa shape index (κ3) is 5.91. The summed E-state index contributed by atoms with van der Waals surface area (Å²) in [5.41, 5.74) is 0.702. The van der Waals surface area contributed by atoms with Gasteiger partial charge >= 0.3 is 6.03 Å². The van der Waals surface area contributed by atoms with Crippen molar-refractivity contribution in [2.24, 2.45) is 11.8 Å². The first kappa shape index (κ1) is 26.4. The van der Waals surface area contributed by atoms with Crippen LogP contribution in [-0.2, 0) is 0 Å². The number of carbonyl (C=O) groups excluding carboxylic acids is 2. The molecule has 0 spiro atoms. The minimum Gasteiger partial charge on any atom is -0.335 e. The fourth-order valence-electron chi connectivity index (χ4n) is 5.31. The van der Waals surface area contributed by atoms with Gasteiger partial charge in [0, 0.05) is 45.8 Å². The Labute approximate surface area is 226 Å². The van der Waals surface area contributed by atoms with E-state index in [1.54, 1.807) is 48.4 Å². The van der Waals surface area contributed by atoms with Gasteiger partial charge < -0.3 is 16.0 Å². The van der Waals surface area contributed by atoms with Crippen LogP contribution >= 0.6 is 23.4 Å². The molecule has 1 aromatic heterocycles. The molecule has 2 aromatic carbocycles. The van der Waals surface area contributed by atoms with Gasteiger partial charge in [0.2, 0.25) is 0 Å². The van der Waals surface area contributed by atoms with E-state index < -0.39 is 23.4 Å². The largest absolute Gasteiger partial charge is 0.335 e. The highest BCUT2D eigenvalue weighted by Crippen LogP contribution is 2.48. The van der Waals surface area contributed by atoms with Crippen molar-refractivity contribution in [1.29, 1.82) is 0 Å². The Morgan fingerprint density at radius 1 is 0.947 bits per heavy atom. The number of pyridine rings is 1. The van der Waals surface area contributed by atoms with Crippen LogP contribution in [-0.4, -0.2) is 28.2 Å². The normalized spacial score (nSPS) is 22.1. The maximum Gasteiger partial charge on any atom is 0.319 e. The summed E-state index contributed by atoms with van der Waals surface area (Å²) in [6, 6.07) is 9.60. The number of nitrogens with one attached hydrogen (secondary N) is 3. The first-order chi connectivity index (χ1) is 18.3. The van der Waals surface area contributed by atoms with Crippen LogP contribution in [0.25, 0.3) is 0 Å². The predicted octanol–water partition coefficient (Wildman–Crippen LogP) is 6.88. The van der Waals surface area contributed by atoms with Crippen LogP contribution in [0.5, 0.6) is 0 Å². The molecule has 5 rings (SSSR count). The summed E-state index contributed by atoms with van der Waals surface area (Å²) in [6.45, 7) is 0. The number of hydrogen-bond donors (Lipinski definition) is 3. The number of amides is 3. The maximum atomic E-state index is 13.5. The summed E-state index contributed by atoms with van der Waals surface area (Å²) in [7, 11) is 0. The summed E-state index contributed by atoms with van der Waals surface area (Å²) >= 11 is 8.03. The van der Waals surface area contributed by atoms with Crippen molar-refractivity contribution >= 4 is 46.7 Å². The van der Waals surface area contributed by atoms with E-state index in [4.69, 9.17) is 11.6 Å². The average Bonchev–Trinajstić information content (AvgIpc) is 3.11. The molecule has 1 heterocycles. The average molecular weight is 561 g/mol. The van der Waals surface area contributed by atoms with Crippen LogP contribution in [0.4, 0.5) is 29.3 Å². The van der Waals surface area contributed by atoms with Gasteiger partial charge in [-0.2, -0.15) is 0 Å². The Kier molecular flexibility index (Phi) is 7.80. The SMILES string of the molecule is O=C(Nc1cccnc1)NC1C2CC[C@H]1CC(Sc1cc(C(=O)Nc3cc(F)c(F)c(F)c3)ccc1Cl)C2. The van der Waals surface area contributed by atoms with E-state index in [0.717, 1.165) is 42.7 Å². The molecular formula is C27H24ClF3N4O2S. The smallest absolute Gasteiger partial charge is 0.319 e. The number of fused-ring (bicyclic) bond motifs is 2. The fraction of sp³-hybridized carbons (Fsp3) is 0.296. The summed E-state index contributed by atoms with van der Waals surface area (Å²) < 4.78 is 40.3. The Morgan fingerprint density at radius 2 is 1.66 bits per heavy atom. The van der Waals surface area contributed by atoms with Crippen molar-refractivity contribution in [1.82, 2.24) is 10.3 Å². The third-order valence-corrected chi connectivity index (χ3v) is 8.75. The molecule has 3 aromatic rings. The van der Waals surface area contributed by atoms with E-state index in [-0.39, 0.29) is 28.6 Å². The molecule has 6 nitrogen and oxygen atoms in total. The van der Waals surface area contributed by atoms with Crippen LogP contribution in [0.1, 0.15) is 36.0 Å². The second-order valence-electron chi connectivity index (χ2n) is 9.53. The van der Waals surface area contributed by atoms with Crippen molar-refractivity contribution in [2.45, 2.75) is 41.9 Å². The lowest BCUT2D eigenvalue weighted by Gasteiger charge is -2.35. The van der Waals surface area contributed by atoms with Gasteiger partial charge in [0.15, 0.2) is 17.5 Å². The number of anilines is 2. The Hall–Kier alpha value is -3.24. The number of urea groups is 1. The Balaban J connectivity index is 1.21. The van der Waals surface area contributed by atoms with E-state index in [1.807, 2.05) is 0 Å². The van der Waals surface area contributed by atoms with E-state index in [9.17, 15) is 22.8 Å². The zero-order valence-corrected chi connectivity index (χ0v) is 21.6. The summed E-state index contributed by atoms with van der Waals surface area (Å²) in [4.78, 5) is 30.0. The number of aromatic nitrogens is 1. The summed E-state index contributed by atoms with van der Waals surface area (Å²) in [6.07, 6.45) is 7.07. The van der Waals surface area contributed by atoms with E-state index in [0.29, 0.717) is 22.5 Å². The lowest BCUT2D eigenvalue weighted by atomic mass is 9.84. The van der Waals surface area contributed by atoms with Crippen molar-refractivity contribution < 1.29 is 22.8 Å². The van der Waals surface area contributed by atoms with E-state index in [1.165, 1.54) is 6.07 Å². The molecule has 2 aliphatic carbocycles. The van der Waals surface area contributed by atoms with E-state index in [2.05, 4.69) is 20.9 Å². The van der Waals surface area contributed by atoms with Gasteiger partial charge in [-0.05, 0) is 67.9 Å². The van der Waals surface area contributed by atoms with Gasteiger partial charge in [-0.15, -0.1) is 11.8 Å². The van der Waals surface area contributed by atoms with Gasteiger partial charge in [0.05, 0.1) is 16.9 Å². The number of nitrogens with zero attached hydrogens (tertiary/aromatic N) is 1. The zero-order chi connectivity index (χ0) is 26.8. The number of carbonyl (C=O) groups is 2. The number of halogens is 4. The van der Waals surface area contributed by atoms with Crippen LogP contribution in [0.15, 0.2) is 59.8 Å². The predicted molar refractivity (Wildman–Crippen MR) is 141 cm³/mol. The van der Waals surface area contributed by atoms with Crippen LogP contribution in [0, 0.1) is 29.3 Å². The van der Waals surface area contributed by atoms with Gasteiger partial charge in [-0.25, -0.2) is 18.0 Å². The highest BCUT2D eigenvalue weighted by Gasteiger charge is 2.43. The molecule has 2 bridgehead atoms. The first-order valence-electron chi connectivity index (χ1n) is 12.2. The van der Waals surface area contributed by atoms with Crippen molar-refractivity contribution in [3.63, 3.8) is 0 Å². The standard InChI is InChI=1S/C27H24ClF3N4O2S/c28-20-6-5-16(26(36)33-18-11-21(29)24(31)22(30)12-18)10-23(20)38-19-8-14-3-4-15(9-19)25(14)35-27(37)34-17-2-1-7-32-13-17/h1-2,5-7,10-15,19,25H,3-4,8-9H2,(H,33,36)(H2,34,35,37)/t14-,15?,19?,25?/m0/s1. The molecule has 38 heavy (non-hydrogen) atoms. The molecule has 198 valence electrons. The number of rotatable bonds is 6. The molecule has 3 unspecified atom stereocenters. The molecule has 3 N–H and O–H groups in total. The van der Waals surface area contributed by atoms with Crippen molar-refractivity contribution in [3.8, 4) is 0 Å². The van der Waals surface area contributed by atoms with E-state index >= 15 is 0 Å². The molecule has 0 saturated heterocycles. The second kappa shape index (κ2) is 11.2. The van der Waals surface area contributed by atoms with Gasteiger partial charge in [0.1, 0.15) is 0 Å². The van der Waals surface area contributed by atoms with Crippen LogP contribution < -0.4 is 16.0 Å². The Morgan fingerprint density at radius 3 is 2.32 bits per heavy atom. The fourth-order valence-corrected chi connectivity index (χ4v) is 6.98. The molecule has 2 aliphatic rings. The molecule has 2 fully saturated rings. The molecule has 2 saturated carbocycles. The van der Waals surface area contributed by atoms with Gasteiger partial charge in [-0.3, -0.25) is 9.78 Å². The highest BCUT2D eigenvalue weighted by molar-refractivity contribution is 8.00. The van der Waals surface area contributed by atoms with Crippen molar-refractivity contribution in [2.75, 3.05) is 10.6 Å². The minimum absolute atomic E-state index is 0.0904. The molecular weight excluding hydrogens is 537 g/mol. The van der Waals surface area contributed by atoms with Crippen LogP contribution in [0.3, 0.4) is 0 Å². The Bertz CT molecular complexity index is 1330. The van der Waals surface area contributed by atoms with Crippen molar-refractivity contribution in [3.05, 3.63) is 82.9 Å². The highest BCUT2D eigenvalue weighted by atomic mass is 35.5. The monoisotopic (exact) mass is 560 g/mol. The number of hydrogen-bond acceptors (Lipinski definition) is 4. The van der Waals surface area contributed by atoms with Gasteiger partial charge in [0.25, 0.3) is 5.91 Å². The molecule has 4 atom stereocenters. The lowest BCUT2D eigenvalue weighted by Crippen LogP contribution is -2.47. The minimum atomic E-state index is -1.60. The molecule has 0 aliphatic heterocycles. The first-order valence-corrected chi connectivity index (χ1v) is 13.4. The molecule has 3 amide bonds. The molecule has 0 radical (unpaired) electrons. The van der Waals surface area contributed by atoms with Gasteiger partial charge in [-0.1, -0.05) is 11.6 Å². The maximum absolute atomic E-state index is 13.5. The zero-order valence-electron chi connectivity index (χ0n) is 20.0. The quantitative estimate of drug-likeness (QED) is 0.287. The second-order valence-corrected chi connectivity index (χ2v) is 11.3. The molecule has 11 heteroatoms. The van der Waals surface area contributed by atoms with Crippen LogP contribution in [0.2, 0.25) is 5.02 Å².